The van der Waals surface area contributed by atoms with Crippen molar-refractivity contribution in [3.63, 3.8) is 0 Å². The molecule has 23 heavy (non-hydrogen) atoms. The lowest BCUT2D eigenvalue weighted by atomic mass is 10.0. The molecule has 0 unspecified atom stereocenters. The van der Waals surface area contributed by atoms with Crippen LogP contribution in [-0.2, 0) is 16.1 Å². The summed E-state index contributed by atoms with van der Waals surface area (Å²) < 4.78 is 6.73. The number of nitrogens with zero attached hydrogens (tertiary/aromatic N) is 3. The number of benzene rings is 1. The Bertz CT molecular complexity index is 761. The summed E-state index contributed by atoms with van der Waals surface area (Å²) in [6.45, 7) is 0.307. The summed E-state index contributed by atoms with van der Waals surface area (Å²) in [6, 6.07) is 4.92. The summed E-state index contributed by atoms with van der Waals surface area (Å²) in [5, 5.41) is 9.80. The minimum absolute atomic E-state index is 0.0147. The fourth-order valence-corrected chi connectivity index (χ4v) is 2.53. The standard InChI is InChI=1S/C14H14ClN5O3/c1-23-11-3-2-9(15)5-10(11)18-12(21)4-8-6-20-14(16-7-17-20)19-13(8)22/h2-3,5,7-8H,4,6H2,1H3,(H,18,21)(H,16,17,19,22)/t8-/m1/s1. The molecular formula is C14H14ClN5O3. The van der Waals surface area contributed by atoms with Crippen LogP contribution < -0.4 is 15.4 Å². The van der Waals surface area contributed by atoms with Gasteiger partial charge in [-0.1, -0.05) is 11.6 Å². The van der Waals surface area contributed by atoms with Crippen molar-refractivity contribution in [1.29, 1.82) is 0 Å². The summed E-state index contributed by atoms with van der Waals surface area (Å²) >= 11 is 5.93. The maximum Gasteiger partial charge on any atom is 0.232 e. The molecule has 0 fully saturated rings. The number of amides is 2. The monoisotopic (exact) mass is 335 g/mol. The summed E-state index contributed by atoms with van der Waals surface area (Å²) in [5.41, 5.74) is 0.461. The lowest BCUT2D eigenvalue weighted by molar-refractivity contribution is -0.126. The Morgan fingerprint density at radius 1 is 1.57 bits per heavy atom. The summed E-state index contributed by atoms with van der Waals surface area (Å²) in [5.74, 6) is -0.194. The van der Waals surface area contributed by atoms with E-state index >= 15 is 0 Å². The van der Waals surface area contributed by atoms with Gasteiger partial charge in [0.05, 0.1) is 25.3 Å². The summed E-state index contributed by atoms with van der Waals surface area (Å²) in [4.78, 5) is 28.1. The van der Waals surface area contributed by atoms with E-state index in [4.69, 9.17) is 16.3 Å². The Kier molecular flexibility index (Phi) is 4.16. The number of halogens is 1. The number of hydrogen-bond donors (Lipinski definition) is 2. The second-order valence-corrected chi connectivity index (χ2v) is 5.49. The highest BCUT2D eigenvalue weighted by atomic mass is 35.5. The van der Waals surface area contributed by atoms with Crippen molar-refractivity contribution in [2.45, 2.75) is 13.0 Å². The van der Waals surface area contributed by atoms with Gasteiger partial charge in [0.15, 0.2) is 0 Å². The van der Waals surface area contributed by atoms with Gasteiger partial charge in [0, 0.05) is 11.4 Å². The second kappa shape index (κ2) is 6.25. The van der Waals surface area contributed by atoms with Crippen molar-refractivity contribution in [2.75, 3.05) is 17.7 Å². The first-order valence-corrected chi connectivity index (χ1v) is 7.26. The Hall–Kier alpha value is -2.61. The topological polar surface area (TPSA) is 98.1 Å². The maximum atomic E-state index is 12.2. The molecule has 2 N–H and O–H groups in total. The van der Waals surface area contributed by atoms with E-state index < -0.39 is 5.92 Å². The molecule has 0 saturated carbocycles. The van der Waals surface area contributed by atoms with E-state index in [0.717, 1.165) is 0 Å². The van der Waals surface area contributed by atoms with E-state index in [1.54, 1.807) is 22.9 Å². The van der Waals surface area contributed by atoms with Gasteiger partial charge in [-0.15, -0.1) is 0 Å². The van der Waals surface area contributed by atoms with Crippen LogP contribution >= 0.6 is 11.6 Å². The Morgan fingerprint density at radius 2 is 2.39 bits per heavy atom. The van der Waals surface area contributed by atoms with Gasteiger partial charge in [0.1, 0.15) is 12.1 Å². The van der Waals surface area contributed by atoms with Gasteiger partial charge >= 0.3 is 0 Å². The highest BCUT2D eigenvalue weighted by Gasteiger charge is 2.29. The van der Waals surface area contributed by atoms with Gasteiger partial charge in [-0.25, -0.2) is 4.68 Å². The number of anilines is 2. The third-order valence-corrected chi connectivity index (χ3v) is 3.72. The van der Waals surface area contributed by atoms with Crippen LogP contribution in [0.2, 0.25) is 5.02 Å². The number of fused-ring (bicyclic) bond motifs is 1. The number of ether oxygens (including phenoxy) is 1. The van der Waals surface area contributed by atoms with E-state index in [-0.39, 0.29) is 18.2 Å². The molecule has 8 nitrogen and oxygen atoms in total. The van der Waals surface area contributed by atoms with Crippen molar-refractivity contribution >= 4 is 35.1 Å². The number of methoxy groups -OCH3 is 1. The van der Waals surface area contributed by atoms with Crippen LogP contribution in [0.3, 0.4) is 0 Å². The average Bonchev–Trinajstić information content (AvgIpc) is 2.95. The predicted octanol–water partition coefficient (Wildman–Crippen LogP) is 1.54. The molecule has 3 rings (SSSR count). The fraction of sp³-hybridized carbons (Fsp3) is 0.286. The number of carbonyl (C=O) groups is 2. The van der Waals surface area contributed by atoms with E-state index in [2.05, 4.69) is 20.7 Å². The van der Waals surface area contributed by atoms with Crippen LogP contribution in [0.5, 0.6) is 5.75 Å². The molecule has 1 aromatic carbocycles. The van der Waals surface area contributed by atoms with Crippen LogP contribution in [0.4, 0.5) is 11.6 Å². The molecule has 1 aliphatic rings. The lowest BCUT2D eigenvalue weighted by Gasteiger charge is -2.22. The average molecular weight is 336 g/mol. The molecule has 2 heterocycles. The van der Waals surface area contributed by atoms with Gasteiger partial charge in [0.2, 0.25) is 17.8 Å². The van der Waals surface area contributed by atoms with Gasteiger partial charge in [-0.05, 0) is 18.2 Å². The first-order chi connectivity index (χ1) is 11.1. The molecule has 2 aromatic rings. The van der Waals surface area contributed by atoms with Crippen molar-refractivity contribution in [1.82, 2.24) is 14.8 Å². The van der Waals surface area contributed by atoms with Crippen LogP contribution in [0, 0.1) is 5.92 Å². The number of aromatic nitrogens is 3. The van der Waals surface area contributed by atoms with Crippen LogP contribution in [-0.4, -0.2) is 33.7 Å². The summed E-state index contributed by atoms with van der Waals surface area (Å²) in [7, 11) is 1.50. The zero-order valence-electron chi connectivity index (χ0n) is 12.2. The fourth-order valence-electron chi connectivity index (χ4n) is 2.36. The SMILES string of the molecule is COc1ccc(Cl)cc1NC(=O)C[C@@H]1Cn2ncnc2NC1=O. The highest BCUT2D eigenvalue weighted by Crippen LogP contribution is 2.28. The predicted molar refractivity (Wildman–Crippen MR) is 83.4 cm³/mol. The molecule has 0 aliphatic carbocycles. The minimum atomic E-state index is -0.519. The maximum absolute atomic E-state index is 12.2. The first-order valence-electron chi connectivity index (χ1n) is 6.89. The molecule has 0 spiro atoms. The largest absolute Gasteiger partial charge is 0.495 e. The first kappa shape index (κ1) is 15.3. The number of carbonyl (C=O) groups excluding carboxylic acids is 2. The van der Waals surface area contributed by atoms with E-state index in [1.165, 1.54) is 13.4 Å². The van der Waals surface area contributed by atoms with Gasteiger partial charge in [0.25, 0.3) is 0 Å². The zero-order valence-corrected chi connectivity index (χ0v) is 13.0. The molecule has 0 radical (unpaired) electrons. The molecule has 9 heteroatoms. The molecule has 2 amide bonds. The van der Waals surface area contributed by atoms with Crippen molar-refractivity contribution in [2.24, 2.45) is 5.92 Å². The molecule has 0 saturated heterocycles. The minimum Gasteiger partial charge on any atom is -0.495 e. The third-order valence-electron chi connectivity index (χ3n) is 3.48. The van der Waals surface area contributed by atoms with Crippen LogP contribution in [0.25, 0.3) is 0 Å². The Labute approximate surface area is 136 Å². The van der Waals surface area contributed by atoms with Crippen LogP contribution in [0.15, 0.2) is 24.5 Å². The van der Waals surface area contributed by atoms with E-state index in [0.29, 0.717) is 29.0 Å². The van der Waals surface area contributed by atoms with Crippen LogP contribution in [0.1, 0.15) is 6.42 Å². The van der Waals surface area contributed by atoms with Gasteiger partial charge in [-0.2, -0.15) is 10.1 Å². The second-order valence-electron chi connectivity index (χ2n) is 5.05. The van der Waals surface area contributed by atoms with Gasteiger partial charge < -0.3 is 10.1 Å². The highest BCUT2D eigenvalue weighted by molar-refractivity contribution is 6.31. The lowest BCUT2D eigenvalue weighted by Crippen LogP contribution is -2.36. The van der Waals surface area contributed by atoms with Crippen molar-refractivity contribution < 1.29 is 14.3 Å². The molecule has 1 aromatic heterocycles. The smallest absolute Gasteiger partial charge is 0.232 e. The van der Waals surface area contributed by atoms with Crippen molar-refractivity contribution in [3.05, 3.63) is 29.5 Å². The number of hydrogen-bond acceptors (Lipinski definition) is 5. The van der Waals surface area contributed by atoms with E-state index in [9.17, 15) is 9.59 Å². The molecule has 1 aliphatic heterocycles. The molecule has 0 bridgehead atoms. The quantitative estimate of drug-likeness (QED) is 0.883. The van der Waals surface area contributed by atoms with Gasteiger partial charge in [-0.3, -0.25) is 14.9 Å². The third kappa shape index (κ3) is 3.26. The molecule has 1 atom stereocenters. The molecular weight excluding hydrogens is 322 g/mol. The number of rotatable bonds is 4. The Morgan fingerprint density at radius 3 is 3.17 bits per heavy atom. The van der Waals surface area contributed by atoms with Crippen molar-refractivity contribution in [3.8, 4) is 5.75 Å². The Balaban J connectivity index is 1.68. The summed E-state index contributed by atoms with van der Waals surface area (Å²) in [6.07, 6.45) is 1.37. The number of nitrogens with one attached hydrogen (secondary N) is 2. The zero-order chi connectivity index (χ0) is 16.4. The molecule has 120 valence electrons. The normalized spacial score (nSPS) is 16.4. The van der Waals surface area contributed by atoms with E-state index in [1.807, 2.05) is 0 Å².